The summed E-state index contributed by atoms with van der Waals surface area (Å²) in [6, 6.07) is 3.39. The van der Waals surface area contributed by atoms with Crippen LogP contribution in [0.5, 0.6) is 0 Å². The van der Waals surface area contributed by atoms with Gasteiger partial charge in [-0.25, -0.2) is 9.59 Å². The molecule has 3 heterocycles. The highest BCUT2D eigenvalue weighted by molar-refractivity contribution is 14.1. The van der Waals surface area contributed by atoms with Gasteiger partial charge >= 0.3 is 18.1 Å². The third kappa shape index (κ3) is 34.6. The molecule has 0 radical (unpaired) electrons. The predicted molar refractivity (Wildman–Crippen MR) is 380 cm³/mol. The molecule has 4 fully saturated rings. The van der Waals surface area contributed by atoms with Crippen molar-refractivity contribution in [3.8, 4) is 0 Å². The largest absolute Gasteiger partial charge is 0.459 e. The summed E-state index contributed by atoms with van der Waals surface area (Å²) in [5.74, 6) is -2.65. The summed E-state index contributed by atoms with van der Waals surface area (Å²) in [5.41, 5.74) is 6.46. The van der Waals surface area contributed by atoms with Crippen LogP contribution in [0.15, 0.2) is 60.2 Å². The van der Waals surface area contributed by atoms with Gasteiger partial charge in [0.25, 0.3) is 0 Å². The molecule has 30 nitrogen and oxygen atoms in total. The number of anilines is 1. The minimum atomic E-state index is -1.07. The molecular formula is C70H110IN9O21. The molecule has 568 valence electrons. The third-order valence-electron chi connectivity index (χ3n) is 17.2. The zero-order valence-corrected chi connectivity index (χ0v) is 61.7. The Hall–Kier alpha value is -6.40. The summed E-state index contributed by atoms with van der Waals surface area (Å²) in [4.78, 5) is 113. The molecule has 0 bridgehead atoms. The summed E-state index contributed by atoms with van der Waals surface area (Å²) >= 11 is 2.00. The fourth-order valence-electron chi connectivity index (χ4n) is 11.5. The van der Waals surface area contributed by atoms with Gasteiger partial charge in [-0.3, -0.25) is 33.6 Å². The van der Waals surface area contributed by atoms with Crippen molar-refractivity contribution in [1.82, 2.24) is 37.2 Å². The average Bonchev–Trinajstić information content (AvgIpc) is 1.61. The Bertz CT molecular complexity index is 2820. The normalized spacial score (nSPS) is 23.7. The van der Waals surface area contributed by atoms with Crippen LogP contribution in [0.1, 0.15) is 125 Å². The van der Waals surface area contributed by atoms with E-state index < -0.39 is 77.9 Å². The second-order valence-electron chi connectivity index (χ2n) is 26.1. The van der Waals surface area contributed by atoms with Gasteiger partial charge in [0.1, 0.15) is 42.6 Å². The molecule has 3 aliphatic heterocycles. The number of alkyl carbamates (subject to hydrolysis) is 1. The number of ether oxygens (including phenoxy) is 11. The first-order chi connectivity index (χ1) is 48.4. The number of halogens is 1. The predicted octanol–water partition coefficient (Wildman–Crippen LogP) is 3.77. The number of aliphatic hydroxyl groups excluding tert-OH is 1. The number of esters is 1. The number of carbonyl (C=O) groups excluding carboxylic acids is 9. The first-order valence-corrected chi connectivity index (χ1v) is 36.6. The number of nitrogens with two attached hydrogens (primary N) is 1. The number of hydrogen-bond donors (Lipinski definition) is 10. The van der Waals surface area contributed by atoms with Crippen LogP contribution in [0.3, 0.4) is 0 Å². The van der Waals surface area contributed by atoms with E-state index in [4.69, 9.17) is 57.8 Å². The van der Waals surface area contributed by atoms with Crippen molar-refractivity contribution in [1.29, 1.82) is 0 Å². The molecule has 1 aliphatic carbocycles. The Morgan fingerprint density at radius 1 is 0.723 bits per heavy atom. The van der Waals surface area contributed by atoms with Gasteiger partial charge in [0.2, 0.25) is 35.4 Å². The van der Waals surface area contributed by atoms with E-state index in [9.17, 15) is 48.3 Å². The van der Waals surface area contributed by atoms with Gasteiger partial charge in [0.15, 0.2) is 0 Å². The Kier molecular flexibility index (Phi) is 39.7. The fourth-order valence-corrected chi connectivity index (χ4v) is 11.8. The van der Waals surface area contributed by atoms with E-state index in [-0.39, 0.29) is 119 Å². The molecule has 0 unspecified atom stereocenters. The molecule has 11 N–H and O–H groups in total. The monoisotopic (exact) mass is 1540 g/mol. The van der Waals surface area contributed by atoms with Gasteiger partial charge in [-0.2, -0.15) is 0 Å². The topological polar surface area (TPSA) is 401 Å². The van der Waals surface area contributed by atoms with Crippen LogP contribution in [0.2, 0.25) is 0 Å². The van der Waals surface area contributed by atoms with Crippen molar-refractivity contribution in [3.05, 3.63) is 65.8 Å². The van der Waals surface area contributed by atoms with Gasteiger partial charge < -0.3 is 105 Å². The Morgan fingerprint density at radius 3 is 1.91 bits per heavy atom. The standard InChI is InChI=1S/C70H110IN9O21/c1-45(2)64(80-61(83)24-27-91-29-31-93-33-35-95-37-38-96-36-34-94-32-30-92-28-26-73-63(85)42-71)67(88)79-56(9-8-25-74-68(72)89)66(87)76-53-15-13-51(14-16-53)43-97-69(90)77-54-19-17-52(18-20-54)75-62(84)40-55-41-70(44-98-70)65(86)59(101-55)22-11-46(3)10-21-58-47(4)39-57(49(6)100-58)78-60(82)23-12-48(5)99-50(7)81/h10-16,22-23,45,47-49,52,54-59,64-65,86H,8-9,17-21,24-44H2,1-7H3,(H,73,85)(H,75,84)(H,76,87)(H,77,90)(H,78,82)(H,79,88)(H,80,83)(H3,72,74,89)/b22-11+,23-12-,46-10+/t47-,48-,49+,52?,54?,55+,56-,57+,58-,59+,64-,65+,70+/m0/s1. The quantitative estimate of drug-likeness (QED) is 0.00844. The molecule has 9 amide bonds. The van der Waals surface area contributed by atoms with Crippen LogP contribution in [0.25, 0.3) is 0 Å². The van der Waals surface area contributed by atoms with Crippen molar-refractivity contribution in [2.24, 2.45) is 17.6 Å². The maximum absolute atomic E-state index is 13.7. The SMILES string of the molecule is CC(=O)O[C@@H](C)/C=C\C(=O)N[C@@H]1C[C@H](C)[C@H](C/C=C(C)/C=C/[C@H]2O[C@H](CC(=O)NC3CCC(NC(=O)OCc4ccc(NC(=O)[C@H](CCCNC(N)=O)NC(=O)[C@@H](NC(=O)CCOCCOCCOCCOCCOCCOCCNC(=O)CI)C(C)C)cc4)CC3)C[C@@]3(CO3)[C@@H]2O)O[C@@H]1C. The van der Waals surface area contributed by atoms with Crippen molar-refractivity contribution >= 4 is 81.8 Å². The summed E-state index contributed by atoms with van der Waals surface area (Å²) in [5, 5.41) is 33.9. The van der Waals surface area contributed by atoms with E-state index in [0.29, 0.717) is 127 Å². The van der Waals surface area contributed by atoms with Crippen LogP contribution >= 0.6 is 22.6 Å². The number of benzene rings is 1. The lowest BCUT2D eigenvalue weighted by Gasteiger charge is -2.39. The van der Waals surface area contributed by atoms with Crippen LogP contribution < -0.4 is 48.3 Å². The first kappa shape index (κ1) is 85.2. The van der Waals surface area contributed by atoms with Gasteiger partial charge in [-0.05, 0) is 108 Å². The maximum Gasteiger partial charge on any atom is 0.407 e. The van der Waals surface area contributed by atoms with E-state index >= 15 is 0 Å². The number of amides is 9. The van der Waals surface area contributed by atoms with E-state index in [2.05, 4.69) is 55.5 Å². The Labute approximate surface area is 606 Å². The highest BCUT2D eigenvalue weighted by atomic mass is 127. The number of urea groups is 1. The van der Waals surface area contributed by atoms with E-state index in [0.717, 1.165) is 12.0 Å². The second kappa shape index (κ2) is 47.1. The summed E-state index contributed by atoms with van der Waals surface area (Å²) < 4.78 is 62.4. The lowest BCUT2D eigenvalue weighted by Crippen LogP contribution is -2.54. The molecule has 5 rings (SSSR count). The molecule has 1 spiro atoms. The van der Waals surface area contributed by atoms with Crippen molar-refractivity contribution in [3.63, 3.8) is 0 Å². The van der Waals surface area contributed by atoms with Gasteiger partial charge in [0.05, 0.1) is 121 Å². The molecule has 1 aromatic carbocycles. The number of allylic oxidation sites excluding steroid dienone is 2. The highest BCUT2D eigenvalue weighted by Crippen LogP contribution is 2.43. The molecule has 3 saturated heterocycles. The van der Waals surface area contributed by atoms with Gasteiger partial charge in [-0.1, -0.05) is 79.3 Å². The molecule has 0 aromatic heterocycles. The number of hydrogen-bond acceptors (Lipinski definition) is 21. The molecule has 1 saturated carbocycles. The number of alkyl halides is 1. The summed E-state index contributed by atoms with van der Waals surface area (Å²) in [6.45, 7) is 17.6. The number of epoxide rings is 1. The van der Waals surface area contributed by atoms with Crippen LogP contribution in [-0.4, -0.2) is 234 Å². The number of primary amides is 1. The lowest BCUT2D eigenvalue weighted by molar-refractivity contribution is -0.146. The fraction of sp³-hybridized carbons (Fsp3) is 0.700. The minimum Gasteiger partial charge on any atom is -0.459 e. The average molecular weight is 1540 g/mol. The van der Waals surface area contributed by atoms with E-state index in [1.54, 1.807) is 45.0 Å². The molecular weight excluding hydrogens is 1430 g/mol. The molecule has 4 aliphatic rings. The zero-order valence-electron chi connectivity index (χ0n) is 59.6. The zero-order chi connectivity index (χ0) is 73.5. The van der Waals surface area contributed by atoms with E-state index in [1.807, 2.05) is 48.6 Å². The lowest BCUT2D eigenvalue weighted by atomic mass is 9.87. The number of rotatable bonds is 46. The summed E-state index contributed by atoms with van der Waals surface area (Å²) in [7, 11) is 0. The third-order valence-corrected chi connectivity index (χ3v) is 17.9. The molecule has 101 heavy (non-hydrogen) atoms. The van der Waals surface area contributed by atoms with Crippen LogP contribution in [0, 0.1) is 11.8 Å². The van der Waals surface area contributed by atoms with Crippen LogP contribution in [0.4, 0.5) is 15.3 Å². The second-order valence-corrected chi connectivity index (χ2v) is 26.8. The van der Waals surface area contributed by atoms with Crippen molar-refractivity contribution in [2.45, 2.75) is 198 Å². The van der Waals surface area contributed by atoms with Crippen molar-refractivity contribution in [2.75, 3.05) is 109 Å². The first-order valence-electron chi connectivity index (χ1n) is 35.1. The number of carbonyl (C=O) groups is 9. The maximum atomic E-state index is 13.7. The molecule has 1 aromatic rings. The smallest absolute Gasteiger partial charge is 0.407 e. The van der Waals surface area contributed by atoms with Gasteiger partial charge in [0, 0.05) is 56.7 Å². The van der Waals surface area contributed by atoms with E-state index in [1.165, 1.54) is 19.1 Å². The number of nitrogens with one attached hydrogen (secondary N) is 8. The van der Waals surface area contributed by atoms with Crippen molar-refractivity contribution < 1.29 is 100 Å². The van der Waals surface area contributed by atoms with Gasteiger partial charge in [-0.15, -0.1) is 0 Å². The number of aliphatic hydroxyl groups is 1. The Morgan fingerprint density at radius 2 is 1.33 bits per heavy atom. The minimum absolute atomic E-state index is 0.0236. The molecule has 31 heteroatoms. The Balaban J connectivity index is 0.941. The summed E-state index contributed by atoms with van der Waals surface area (Å²) in [6.07, 6.45) is 9.90. The molecule has 11 atom stereocenters. The highest BCUT2D eigenvalue weighted by Gasteiger charge is 2.58. The van der Waals surface area contributed by atoms with Crippen LogP contribution in [-0.2, 0) is 92.3 Å².